The number of nitro benzene ring substituents is 1. The number of halogens is 2. The topological polar surface area (TPSA) is 109 Å². The number of nitrogens with zero attached hydrogens (tertiary/aromatic N) is 3. The van der Waals surface area contributed by atoms with Crippen molar-refractivity contribution in [1.82, 2.24) is 9.97 Å². The van der Waals surface area contributed by atoms with Crippen LogP contribution in [0.3, 0.4) is 0 Å². The van der Waals surface area contributed by atoms with Gasteiger partial charge in [0.2, 0.25) is 5.95 Å². The molecule has 3 aromatic rings. The third-order valence-corrected chi connectivity index (χ3v) is 4.36. The molecular formula is C20H18F2N4O5. The van der Waals surface area contributed by atoms with E-state index in [0.29, 0.717) is 5.56 Å². The molecule has 162 valence electrons. The molecule has 11 heteroatoms. The van der Waals surface area contributed by atoms with Crippen molar-refractivity contribution in [2.75, 3.05) is 19.5 Å². The first-order valence-corrected chi connectivity index (χ1v) is 8.90. The van der Waals surface area contributed by atoms with Crippen molar-refractivity contribution in [2.45, 2.75) is 13.5 Å². The minimum absolute atomic E-state index is 0.0881. The first-order valence-electron chi connectivity index (χ1n) is 8.90. The fourth-order valence-corrected chi connectivity index (χ4v) is 2.75. The summed E-state index contributed by atoms with van der Waals surface area (Å²) in [5.41, 5.74) is 0.389. The summed E-state index contributed by atoms with van der Waals surface area (Å²) < 4.78 is 44.0. The monoisotopic (exact) mass is 432 g/mol. The molecule has 0 atom stereocenters. The molecule has 0 aliphatic heterocycles. The van der Waals surface area contributed by atoms with E-state index in [2.05, 4.69) is 15.3 Å². The Balaban J connectivity index is 1.77. The van der Waals surface area contributed by atoms with E-state index >= 15 is 0 Å². The van der Waals surface area contributed by atoms with Gasteiger partial charge in [0.05, 0.1) is 37.1 Å². The molecule has 0 fully saturated rings. The lowest BCUT2D eigenvalue weighted by Crippen LogP contribution is -2.07. The molecule has 0 aliphatic rings. The number of para-hydroxylation sites is 1. The molecule has 1 N–H and O–H groups in total. The van der Waals surface area contributed by atoms with E-state index in [-0.39, 0.29) is 40.1 Å². The van der Waals surface area contributed by atoms with Crippen LogP contribution in [0.2, 0.25) is 0 Å². The Bertz CT molecular complexity index is 1080. The number of hydrogen-bond acceptors (Lipinski definition) is 8. The molecule has 31 heavy (non-hydrogen) atoms. The molecule has 0 bridgehead atoms. The summed E-state index contributed by atoms with van der Waals surface area (Å²) in [6.07, 6.45) is 2.54. The predicted molar refractivity (Wildman–Crippen MR) is 107 cm³/mol. The standard InChI is InChI=1S/C20H18F2N4O5/c1-11-5-4-6-14(26(27)28)19(11)25-20-23-8-12(9-24-20)31-10-13-17(21)15(29-2)7-16(30-3)18(13)22/h4-9H,10H2,1-3H3,(H,23,24,25). The largest absolute Gasteiger partial charge is 0.494 e. The zero-order valence-electron chi connectivity index (χ0n) is 16.8. The highest BCUT2D eigenvalue weighted by Crippen LogP contribution is 2.32. The SMILES string of the molecule is COc1cc(OC)c(F)c(COc2cnc(Nc3c(C)cccc3[N+](=O)[O-])nc2)c1F. The van der Waals surface area contributed by atoms with Crippen molar-refractivity contribution in [2.24, 2.45) is 0 Å². The van der Waals surface area contributed by atoms with Crippen LogP contribution in [0.4, 0.5) is 26.1 Å². The Morgan fingerprint density at radius 3 is 2.26 bits per heavy atom. The van der Waals surface area contributed by atoms with Crippen LogP contribution in [-0.4, -0.2) is 29.1 Å². The number of rotatable bonds is 8. The van der Waals surface area contributed by atoms with Crippen LogP contribution in [0.15, 0.2) is 36.7 Å². The normalized spacial score (nSPS) is 10.5. The van der Waals surface area contributed by atoms with Crippen molar-refractivity contribution in [3.05, 3.63) is 69.5 Å². The minimum Gasteiger partial charge on any atom is -0.494 e. The van der Waals surface area contributed by atoms with Crippen molar-refractivity contribution < 1.29 is 27.9 Å². The van der Waals surface area contributed by atoms with Gasteiger partial charge in [-0.15, -0.1) is 0 Å². The van der Waals surface area contributed by atoms with Crippen LogP contribution in [0.5, 0.6) is 17.2 Å². The van der Waals surface area contributed by atoms with Gasteiger partial charge in [0.15, 0.2) is 28.9 Å². The Hall–Kier alpha value is -4.02. The second-order valence-corrected chi connectivity index (χ2v) is 6.27. The summed E-state index contributed by atoms with van der Waals surface area (Å²) in [5, 5.41) is 14.0. The molecular weight excluding hydrogens is 414 g/mol. The number of aryl methyl sites for hydroxylation is 1. The third kappa shape index (κ3) is 4.60. The maximum absolute atomic E-state index is 14.4. The first-order chi connectivity index (χ1) is 14.8. The molecule has 0 aliphatic carbocycles. The van der Waals surface area contributed by atoms with Gasteiger partial charge in [0.25, 0.3) is 5.69 Å². The predicted octanol–water partition coefficient (Wildman–Crippen LogP) is 4.31. The lowest BCUT2D eigenvalue weighted by atomic mass is 10.1. The molecule has 0 amide bonds. The quantitative estimate of drug-likeness (QED) is 0.414. The maximum Gasteiger partial charge on any atom is 0.293 e. The van der Waals surface area contributed by atoms with Crippen molar-refractivity contribution in [3.8, 4) is 17.2 Å². The van der Waals surface area contributed by atoms with E-state index in [0.717, 1.165) is 6.07 Å². The highest BCUT2D eigenvalue weighted by Gasteiger charge is 2.21. The molecule has 0 radical (unpaired) electrons. The highest BCUT2D eigenvalue weighted by atomic mass is 19.1. The summed E-state index contributed by atoms with van der Waals surface area (Å²) in [4.78, 5) is 18.8. The summed E-state index contributed by atoms with van der Waals surface area (Å²) in [5.74, 6) is -1.98. The van der Waals surface area contributed by atoms with E-state index in [9.17, 15) is 18.9 Å². The number of anilines is 2. The van der Waals surface area contributed by atoms with Crippen LogP contribution in [-0.2, 0) is 6.61 Å². The molecule has 0 spiro atoms. The Morgan fingerprint density at radius 1 is 1.10 bits per heavy atom. The number of nitrogens with one attached hydrogen (secondary N) is 1. The maximum atomic E-state index is 14.4. The number of nitro groups is 1. The van der Waals surface area contributed by atoms with Crippen LogP contribution in [0, 0.1) is 28.7 Å². The lowest BCUT2D eigenvalue weighted by Gasteiger charge is -2.13. The fourth-order valence-electron chi connectivity index (χ4n) is 2.75. The Morgan fingerprint density at radius 2 is 1.71 bits per heavy atom. The average molecular weight is 432 g/mol. The van der Waals surface area contributed by atoms with Gasteiger partial charge >= 0.3 is 0 Å². The average Bonchev–Trinajstić information content (AvgIpc) is 2.76. The van der Waals surface area contributed by atoms with E-state index < -0.39 is 23.2 Å². The van der Waals surface area contributed by atoms with Crippen molar-refractivity contribution in [3.63, 3.8) is 0 Å². The summed E-state index contributed by atoms with van der Waals surface area (Å²) in [7, 11) is 2.50. The van der Waals surface area contributed by atoms with Gasteiger partial charge in [-0.2, -0.15) is 0 Å². The van der Waals surface area contributed by atoms with Crippen LogP contribution in [0.1, 0.15) is 11.1 Å². The van der Waals surface area contributed by atoms with Gasteiger partial charge in [-0.25, -0.2) is 18.7 Å². The van der Waals surface area contributed by atoms with E-state index in [1.807, 2.05) is 0 Å². The second kappa shape index (κ2) is 9.20. The van der Waals surface area contributed by atoms with E-state index in [4.69, 9.17) is 14.2 Å². The third-order valence-electron chi connectivity index (χ3n) is 4.36. The summed E-state index contributed by atoms with van der Waals surface area (Å²) in [6.45, 7) is 1.24. The van der Waals surface area contributed by atoms with Crippen LogP contribution in [0.25, 0.3) is 0 Å². The van der Waals surface area contributed by atoms with Crippen LogP contribution < -0.4 is 19.5 Å². The summed E-state index contributed by atoms with van der Waals surface area (Å²) >= 11 is 0. The van der Waals surface area contributed by atoms with Crippen molar-refractivity contribution in [1.29, 1.82) is 0 Å². The number of methoxy groups -OCH3 is 2. The zero-order chi connectivity index (χ0) is 22.5. The van der Waals surface area contributed by atoms with Gasteiger partial charge < -0.3 is 19.5 Å². The van der Waals surface area contributed by atoms with Crippen molar-refractivity contribution >= 4 is 17.3 Å². The fraction of sp³-hybridized carbons (Fsp3) is 0.200. The first kappa shape index (κ1) is 21.7. The molecule has 1 heterocycles. The zero-order valence-corrected chi connectivity index (χ0v) is 16.8. The van der Waals surface area contributed by atoms with Crippen LogP contribution >= 0.6 is 0 Å². The molecule has 9 nitrogen and oxygen atoms in total. The van der Waals surface area contributed by atoms with Gasteiger partial charge in [-0.3, -0.25) is 10.1 Å². The molecule has 2 aromatic carbocycles. The number of benzene rings is 2. The number of ether oxygens (including phenoxy) is 3. The lowest BCUT2D eigenvalue weighted by molar-refractivity contribution is -0.384. The molecule has 1 aromatic heterocycles. The summed E-state index contributed by atoms with van der Waals surface area (Å²) in [6, 6.07) is 5.74. The van der Waals surface area contributed by atoms with Gasteiger partial charge in [-0.1, -0.05) is 12.1 Å². The van der Waals surface area contributed by atoms with E-state index in [1.165, 1.54) is 32.7 Å². The van der Waals surface area contributed by atoms with E-state index in [1.54, 1.807) is 19.1 Å². The minimum atomic E-state index is -0.910. The molecule has 3 rings (SSSR count). The Labute approximate surface area is 175 Å². The molecule has 0 saturated heterocycles. The Kier molecular flexibility index (Phi) is 6.43. The van der Waals surface area contributed by atoms with Gasteiger partial charge in [-0.05, 0) is 12.5 Å². The number of aromatic nitrogens is 2. The van der Waals surface area contributed by atoms with Gasteiger partial charge in [0, 0.05) is 12.1 Å². The molecule has 0 unspecified atom stereocenters. The number of hydrogen-bond donors (Lipinski definition) is 1. The smallest absolute Gasteiger partial charge is 0.293 e. The van der Waals surface area contributed by atoms with Gasteiger partial charge in [0.1, 0.15) is 12.3 Å². The highest BCUT2D eigenvalue weighted by molar-refractivity contribution is 5.70. The molecule has 0 saturated carbocycles. The second-order valence-electron chi connectivity index (χ2n) is 6.27.